The topological polar surface area (TPSA) is 72.0 Å². The second-order valence-electron chi connectivity index (χ2n) is 5.38. The first kappa shape index (κ1) is 19.8. The molecule has 1 aromatic carbocycles. The van der Waals surface area contributed by atoms with Crippen LogP contribution in [0.4, 0.5) is 0 Å². The molecule has 23 heavy (non-hydrogen) atoms. The van der Waals surface area contributed by atoms with Crippen molar-refractivity contribution in [2.24, 2.45) is 5.92 Å². The summed E-state index contributed by atoms with van der Waals surface area (Å²) in [7, 11) is 3.24. The molecule has 0 aliphatic carbocycles. The highest BCUT2D eigenvalue weighted by Crippen LogP contribution is 2.38. The predicted molar refractivity (Wildman–Crippen MR) is 92.0 cm³/mol. The monoisotopic (exact) mass is 346 g/mol. The number of nitrogens with one attached hydrogen (secondary N) is 2. The van der Waals surface area contributed by atoms with Crippen LogP contribution in [0.2, 0.25) is 0 Å². The van der Waals surface area contributed by atoms with Gasteiger partial charge in [-0.15, -0.1) is 12.4 Å². The van der Waals surface area contributed by atoms with Crippen LogP contribution in [-0.4, -0.2) is 51.7 Å². The van der Waals surface area contributed by atoms with Crippen molar-refractivity contribution in [1.82, 2.24) is 10.6 Å². The zero-order chi connectivity index (χ0) is 15.9. The molecule has 1 saturated heterocycles. The number of hydrogen-bond acceptors (Lipinski definition) is 6. The summed E-state index contributed by atoms with van der Waals surface area (Å²) in [6.07, 6.45) is -0.267. The molecule has 0 spiro atoms. The Bertz CT molecular complexity index is 462. The minimum atomic E-state index is -0.267. The molecule has 0 amide bonds. The Morgan fingerprint density at radius 3 is 2.35 bits per heavy atom. The maximum atomic E-state index is 9.79. The number of aliphatic hydroxyl groups is 1. The molecule has 2 unspecified atom stereocenters. The van der Waals surface area contributed by atoms with Crippen LogP contribution in [0.15, 0.2) is 12.1 Å². The molecule has 1 fully saturated rings. The standard InChI is InChI=1S/C16H26N2O4.ClH/c1-4-22-16-14(20-2)5-11(6-15(16)21-3)7-17-8-12-9-18-10-13(12)19;/h5-6,12-13,17-19H,4,7-10H2,1-3H3;1H. The largest absolute Gasteiger partial charge is 0.493 e. The fourth-order valence-electron chi connectivity index (χ4n) is 2.65. The van der Waals surface area contributed by atoms with E-state index >= 15 is 0 Å². The maximum Gasteiger partial charge on any atom is 0.203 e. The molecule has 0 bridgehead atoms. The highest BCUT2D eigenvalue weighted by Gasteiger charge is 2.24. The summed E-state index contributed by atoms with van der Waals surface area (Å²) in [6, 6.07) is 3.90. The van der Waals surface area contributed by atoms with Crippen molar-refractivity contribution in [3.05, 3.63) is 17.7 Å². The van der Waals surface area contributed by atoms with E-state index in [0.717, 1.165) is 18.7 Å². The summed E-state index contributed by atoms with van der Waals surface area (Å²) < 4.78 is 16.4. The lowest BCUT2D eigenvalue weighted by Crippen LogP contribution is -2.30. The van der Waals surface area contributed by atoms with Crippen LogP contribution in [0, 0.1) is 5.92 Å². The van der Waals surface area contributed by atoms with Gasteiger partial charge < -0.3 is 30.0 Å². The van der Waals surface area contributed by atoms with E-state index in [1.54, 1.807) is 14.2 Å². The third-order valence-corrected chi connectivity index (χ3v) is 3.85. The normalized spacial score (nSPS) is 20.0. The second-order valence-corrected chi connectivity index (χ2v) is 5.38. The summed E-state index contributed by atoms with van der Waals surface area (Å²) in [5, 5.41) is 16.3. The number of ether oxygens (including phenoxy) is 3. The molecule has 0 radical (unpaired) electrons. The molecule has 1 aliphatic heterocycles. The Morgan fingerprint density at radius 2 is 1.87 bits per heavy atom. The molecule has 1 aliphatic rings. The van der Waals surface area contributed by atoms with Crippen molar-refractivity contribution in [2.45, 2.75) is 19.6 Å². The quantitative estimate of drug-likeness (QED) is 0.657. The summed E-state index contributed by atoms with van der Waals surface area (Å²) in [4.78, 5) is 0. The molecular formula is C16H27ClN2O4. The van der Waals surface area contributed by atoms with Crippen LogP contribution in [0.25, 0.3) is 0 Å². The number of rotatable bonds is 8. The van der Waals surface area contributed by atoms with Gasteiger partial charge in [0.05, 0.1) is 26.9 Å². The molecule has 3 N–H and O–H groups in total. The van der Waals surface area contributed by atoms with Crippen molar-refractivity contribution in [3.8, 4) is 17.2 Å². The van der Waals surface area contributed by atoms with Gasteiger partial charge in [0.25, 0.3) is 0 Å². The average molecular weight is 347 g/mol. The molecule has 0 saturated carbocycles. The van der Waals surface area contributed by atoms with E-state index in [-0.39, 0.29) is 24.4 Å². The predicted octanol–water partition coefficient (Wildman–Crippen LogP) is 1.19. The van der Waals surface area contributed by atoms with Gasteiger partial charge in [-0.1, -0.05) is 0 Å². The van der Waals surface area contributed by atoms with Crippen LogP contribution in [0.1, 0.15) is 12.5 Å². The third kappa shape index (κ3) is 5.14. The first-order valence-electron chi connectivity index (χ1n) is 7.66. The minimum absolute atomic E-state index is 0. The van der Waals surface area contributed by atoms with Crippen molar-refractivity contribution in [3.63, 3.8) is 0 Å². The van der Waals surface area contributed by atoms with Gasteiger partial charge in [-0.3, -0.25) is 0 Å². The van der Waals surface area contributed by atoms with E-state index in [1.807, 2.05) is 19.1 Å². The Labute approximate surface area is 143 Å². The zero-order valence-electron chi connectivity index (χ0n) is 13.9. The van der Waals surface area contributed by atoms with E-state index in [9.17, 15) is 5.11 Å². The Balaban J connectivity index is 0.00000264. The van der Waals surface area contributed by atoms with E-state index in [2.05, 4.69) is 10.6 Å². The van der Waals surface area contributed by atoms with Crippen molar-refractivity contribution in [1.29, 1.82) is 0 Å². The second kappa shape index (κ2) is 9.82. The fourth-order valence-corrected chi connectivity index (χ4v) is 2.65. The molecule has 0 aromatic heterocycles. The number of halogens is 1. The summed E-state index contributed by atoms with van der Waals surface area (Å²) in [6.45, 7) is 5.46. The zero-order valence-corrected chi connectivity index (χ0v) is 14.7. The highest BCUT2D eigenvalue weighted by molar-refractivity contribution is 5.85. The molecule has 7 heteroatoms. The molecule has 2 rings (SSSR count). The summed E-state index contributed by atoms with van der Waals surface area (Å²) in [5.74, 6) is 2.22. The molecule has 2 atom stereocenters. The SMILES string of the molecule is CCOc1c(OC)cc(CNCC2CNCC2O)cc1OC.Cl. The average Bonchev–Trinajstić information content (AvgIpc) is 2.93. The van der Waals surface area contributed by atoms with Gasteiger partial charge in [-0.05, 0) is 24.6 Å². The van der Waals surface area contributed by atoms with E-state index in [0.29, 0.717) is 36.9 Å². The van der Waals surface area contributed by atoms with Crippen molar-refractivity contribution in [2.75, 3.05) is 40.5 Å². The van der Waals surface area contributed by atoms with E-state index in [4.69, 9.17) is 14.2 Å². The van der Waals surface area contributed by atoms with Crippen LogP contribution in [0.3, 0.4) is 0 Å². The fraction of sp³-hybridized carbons (Fsp3) is 0.625. The van der Waals surface area contributed by atoms with Gasteiger partial charge in [0.15, 0.2) is 11.5 Å². The number of benzene rings is 1. The third-order valence-electron chi connectivity index (χ3n) is 3.85. The summed E-state index contributed by atoms with van der Waals surface area (Å²) in [5.41, 5.74) is 1.05. The lowest BCUT2D eigenvalue weighted by Gasteiger charge is -2.17. The number of methoxy groups -OCH3 is 2. The number of β-amino-alcohol motifs (C(OH)–C–C–N with tert-alkyl or cyclic N) is 1. The van der Waals surface area contributed by atoms with Crippen LogP contribution >= 0.6 is 12.4 Å². The van der Waals surface area contributed by atoms with Crippen LogP contribution in [-0.2, 0) is 6.54 Å². The lowest BCUT2D eigenvalue weighted by molar-refractivity contribution is 0.146. The minimum Gasteiger partial charge on any atom is -0.493 e. The number of aliphatic hydroxyl groups excluding tert-OH is 1. The van der Waals surface area contributed by atoms with Crippen LogP contribution < -0.4 is 24.8 Å². The van der Waals surface area contributed by atoms with E-state index < -0.39 is 0 Å². The first-order valence-corrected chi connectivity index (χ1v) is 7.66. The number of hydrogen-bond donors (Lipinski definition) is 3. The molecule has 1 aromatic rings. The van der Waals surface area contributed by atoms with Crippen molar-refractivity contribution >= 4 is 12.4 Å². The molecule has 6 nitrogen and oxygen atoms in total. The molecular weight excluding hydrogens is 320 g/mol. The van der Waals surface area contributed by atoms with E-state index in [1.165, 1.54) is 0 Å². The molecule has 1 heterocycles. The van der Waals surface area contributed by atoms with Gasteiger partial charge >= 0.3 is 0 Å². The molecule has 132 valence electrons. The Hall–Kier alpha value is -1.21. The van der Waals surface area contributed by atoms with Gasteiger partial charge in [-0.2, -0.15) is 0 Å². The van der Waals surface area contributed by atoms with Crippen molar-refractivity contribution < 1.29 is 19.3 Å². The maximum absolute atomic E-state index is 9.79. The van der Waals surface area contributed by atoms with Gasteiger partial charge in [-0.25, -0.2) is 0 Å². The van der Waals surface area contributed by atoms with Crippen LogP contribution in [0.5, 0.6) is 17.2 Å². The van der Waals surface area contributed by atoms with Gasteiger partial charge in [0.1, 0.15) is 0 Å². The lowest BCUT2D eigenvalue weighted by atomic mass is 10.1. The van der Waals surface area contributed by atoms with Gasteiger partial charge in [0.2, 0.25) is 5.75 Å². The smallest absolute Gasteiger partial charge is 0.203 e. The Morgan fingerprint density at radius 1 is 1.22 bits per heavy atom. The van der Waals surface area contributed by atoms with Gasteiger partial charge in [0, 0.05) is 32.1 Å². The first-order chi connectivity index (χ1) is 10.7. The highest BCUT2D eigenvalue weighted by atomic mass is 35.5. The Kier molecular flexibility index (Phi) is 8.47. The summed E-state index contributed by atoms with van der Waals surface area (Å²) >= 11 is 0.